The molecule has 2 nitrogen and oxygen atoms in total. The van der Waals surface area contributed by atoms with Gasteiger partial charge < -0.3 is 10.6 Å². The van der Waals surface area contributed by atoms with Gasteiger partial charge in [-0.2, -0.15) is 0 Å². The second kappa shape index (κ2) is 7.25. The zero-order valence-electron chi connectivity index (χ0n) is 7.41. The van der Waals surface area contributed by atoms with E-state index >= 15 is 0 Å². The van der Waals surface area contributed by atoms with Gasteiger partial charge in [0.25, 0.3) is 0 Å². The lowest BCUT2D eigenvalue weighted by atomic mass is 10.3. The fourth-order valence-electron chi connectivity index (χ4n) is 1.03. The molecule has 10 heavy (non-hydrogen) atoms. The third-order valence-electron chi connectivity index (χ3n) is 1.79. The molecule has 0 aliphatic carbocycles. The molecule has 0 atom stereocenters. The van der Waals surface area contributed by atoms with E-state index in [4.69, 9.17) is 0 Å². The van der Waals surface area contributed by atoms with Gasteiger partial charge in [0.05, 0.1) is 6.17 Å². The van der Waals surface area contributed by atoms with Crippen LogP contribution in [0.2, 0.25) is 12.6 Å². The Morgan fingerprint density at radius 1 is 1.30 bits per heavy atom. The first-order chi connectivity index (χ1) is 4.85. The predicted molar refractivity (Wildman–Crippen MR) is 50.4 cm³/mol. The van der Waals surface area contributed by atoms with Gasteiger partial charge in [-0.3, -0.25) is 0 Å². The van der Waals surface area contributed by atoms with Crippen molar-refractivity contribution in [3.63, 3.8) is 0 Å². The predicted octanol–water partition coefficient (Wildman–Crippen LogP) is 0.167. The molecule has 0 fully saturated rings. The van der Waals surface area contributed by atoms with E-state index in [9.17, 15) is 0 Å². The van der Waals surface area contributed by atoms with E-state index in [0.29, 0.717) is 15.7 Å². The summed E-state index contributed by atoms with van der Waals surface area (Å²) in [7, 11) is 4.31. The van der Waals surface area contributed by atoms with Crippen LogP contribution in [0.25, 0.3) is 0 Å². The molecule has 0 radical (unpaired) electrons. The van der Waals surface area contributed by atoms with Gasteiger partial charge in [-0.25, -0.2) is 0 Å². The summed E-state index contributed by atoms with van der Waals surface area (Å²) in [5.41, 5.74) is 0. The Balaban J connectivity index is 3.09. The zero-order valence-corrected chi connectivity index (χ0v) is 8.82. The molecule has 0 spiro atoms. The van der Waals surface area contributed by atoms with Gasteiger partial charge in [0.2, 0.25) is 0 Å². The number of hydrogen-bond donors (Lipinski definition) is 2. The molecule has 0 amide bonds. The first-order valence-corrected chi connectivity index (χ1v) is 6.61. The van der Waals surface area contributed by atoms with Crippen LogP contribution in [0, 0.1) is 0 Å². The van der Waals surface area contributed by atoms with Crippen LogP contribution in [0.5, 0.6) is 0 Å². The number of rotatable bonds is 6. The number of nitrogens with one attached hydrogen (secondary N) is 2. The summed E-state index contributed by atoms with van der Waals surface area (Å²) in [6.45, 7) is 2.37. The Morgan fingerprint density at radius 3 is 2.30 bits per heavy atom. The smallest absolute Gasteiger partial charge is 0.0566 e. The standard InChI is InChI=1S/C7H20N2Si/c1-8-7(9-2)5-4-6-10-3/h7-9H,4-6,10H2,1-3H3. The summed E-state index contributed by atoms with van der Waals surface area (Å²) in [4.78, 5) is 0. The molecule has 0 bridgehead atoms. The fourth-order valence-corrected chi connectivity index (χ4v) is 1.82. The average molecular weight is 160 g/mol. The highest BCUT2D eigenvalue weighted by Crippen LogP contribution is 1.97. The van der Waals surface area contributed by atoms with Crippen molar-refractivity contribution in [1.29, 1.82) is 0 Å². The van der Waals surface area contributed by atoms with Crippen LogP contribution >= 0.6 is 0 Å². The van der Waals surface area contributed by atoms with Crippen LogP contribution in [0.4, 0.5) is 0 Å². The first kappa shape index (κ1) is 10.1. The maximum atomic E-state index is 3.21. The number of hydrogen-bond acceptors (Lipinski definition) is 2. The second-order valence-electron chi connectivity index (χ2n) is 2.63. The molecule has 0 aliphatic heterocycles. The summed E-state index contributed by atoms with van der Waals surface area (Å²) >= 11 is 0. The Kier molecular flexibility index (Phi) is 7.35. The minimum absolute atomic E-state index is 0.300. The molecule has 0 saturated carbocycles. The van der Waals surface area contributed by atoms with E-state index in [-0.39, 0.29) is 0 Å². The van der Waals surface area contributed by atoms with Crippen molar-refractivity contribution in [3.05, 3.63) is 0 Å². The van der Waals surface area contributed by atoms with Crippen molar-refractivity contribution in [2.24, 2.45) is 0 Å². The lowest BCUT2D eigenvalue weighted by Crippen LogP contribution is -2.37. The minimum Gasteiger partial charge on any atom is -0.305 e. The van der Waals surface area contributed by atoms with Crippen molar-refractivity contribution in [2.45, 2.75) is 31.6 Å². The largest absolute Gasteiger partial charge is 0.305 e. The second-order valence-corrected chi connectivity index (χ2v) is 4.33. The molecule has 0 aliphatic rings. The van der Waals surface area contributed by atoms with Crippen LogP contribution in [0.15, 0.2) is 0 Å². The van der Waals surface area contributed by atoms with Gasteiger partial charge in [0.15, 0.2) is 0 Å². The van der Waals surface area contributed by atoms with Gasteiger partial charge in [0.1, 0.15) is 0 Å². The van der Waals surface area contributed by atoms with Gasteiger partial charge in [0, 0.05) is 9.52 Å². The summed E-state index contributed by atoms with van der Waals surface area (Å²) < 4.78 is 0. The highest BCUT2D eigenvalue weighted by atomic mass is 28.2. The van der Waals surface area contributed by atoms with Crippen LogP contribution < -0.4 is 10.6 Å². The molecule has 0 aromatic rings. The van der Waals surface area contributed by atoms with Gasteiger partial charge in [-0.15, -0.1) is 0 Å². The lowest BCUT2D eigenvalue weighted by molar-refractivity contribution is 0.458. The molecule has 62 valence electrons. The van der Waals surface area contributed by atoms with Crippen molar-refractivity contribution in [3.8, 4) is 0 Å². The molecule has 0 saturated heterocycles. The van der Waals surface area contributed by atoms with Crippen molar-refractivity contribution in [1.82, 2.24) is 10.6 Å². The van der Waals surface area contributed by atoms with Gasteiger partial charge in [-0.05, 0) is 20.5 Å². The summed E-state index contributed by atoms with van der Waals surface area (Å²) in [5, 5.41) is 6.43. The molecule has 2 N–H and O–H groups in total. The molecule has 0 rings (SSSR count). The Bertz CT molecular complexity index is 64.6. The van der Waals surface area contributed by atoms with E-state index in [1.54, 1.807) is 0 Å². The molecule has 0 aromatic heterocycles. The maximum absolute atomic E-state index is 3.21. The van der Waals surface area contributed by atoms with Gasteiger partial charge in [-0.1, -0.05) is 19.0 Å². The van der Waals surface area contributed by atoms with E-state index < -0.39 is 0 Å². The lowest BCUT2D eigenvalue weighted by Gasteiger charge is -2.13. The average Bonchev–Trinajstić information content (AvgIpc) is 1.99. The Labute approximate surface area is 66.6 Å². The van der Waals surface area contributed by atoms with E-state index in [2.05, 4.69) is 17.2 Å². The third kappa shape index (κ3) is 4.96. The van der Waals surface area contributed by atoms with Crippen LogP contribution in [-0.4, -0.2) is 29.8 Å². The molecule has 0 aromatic carbocycles. The molecule has 3 heteroatoms. The third-order valence-corrected chi connectivity index (χ3v) is 3.00. The molecule has 0 unspecified atom stereocenters. The van der Waals surface area contributed by atoms with E-state index in [0.717, 1.165) is 0 Å². The van der Waals surface area contributed by atoms with Crippen LogP contribution in [-0.2, 0) is 0 Å². The zero-order chi connectivity index (χ0) is 7.82. The van der Waals surface area contributed by atoms with Crippen molar-refractivity contribution < 1.29 is 0 Å². The molecular formula is C7H20N2Si. The quantitative estimate of drug-likeness (QED) is 0.329. The normalized spacial score (nSPS) is 12.0. The minimum atomic E-state index is 0.300. The maximum Gasteiger partial charge on any atom is 0.0566 e. The first-order valence-electron chi connectivity index (χ1n) is 4.19. The summed E-state index contributed by atoms with van der Waals surface area (Å²) in [6, 6.07) is 1.49. The topological polar surface area (TPSA) is 24.1 Å². The fraction of sp³-hybridized carbons (Fsp3) is 1.00. The molecule has 0 heterocycles. The highest BCUT2D eigenvalue weighted by Gasteiger charge is 1.99. The summed E-state index contributed by atoms with van der Waals surface area (Å²) in [5.74, 6) is 0. The molecular weight excluding hydrogens is 140 g/mol. The SMILES string of the molecule is CNC(CCC[SiH2]C)NC. The summed E-state index contributed by atoms with van der Waals surface area (Å²) in [6.07, 6.45) is 3.18. The Morgan fingerprint density at radius 2 is 1.90 bits per heavy atom. The van der Waals surface area contributed by atoms with Crippen molar-refractivity contribution in [2.75, 3.05) is 14.1 Å². The van der Waals surface area contributed by atoms with Crippen LogP contribution in [0.3, 0.4) is 0 Å². The Hall–Kier alpha value is 0.137. The highest BCUT2D eigenvalue weighted by molar-refractivity contribution is 6.33. The van der Waals surface area contributed by atoms with Crippen LogP contribution in [0.1, 0.15) is 12.8 Å². The van der Waals surface area contributed by atoms with E-state index in [1.807, 2.05) is 14.1 Å². The monoisotopic (exact) mass is 160 g/mol. The van der Waals surface area contributed by atoms with Crippen molar-refractivity contribution >= 4 is 9.52 Å². The van der Waals surface area contributed by atoms with Gasteiger partial charge >= 0.3 is 0 Å². The van der Waals surface area contributed by atoms with E-state index in [1.165, 1.54) is 18.9 Å².